The molecule has 1 saturated carbocycles. The highest BCUT2D eigenvalue weighted by molar-refractivity contribution is 5.79. The van der Waals surface area contributed by atoms with Gasteiger partial charge in [-0.15, -0.1) is 0 Å². The van der Waals surface area contributed by atoms with Gasteiger partial charge in [-0.3, -0.25) is 9.59 Å². The summed E-state index contributed by atoms with van der Waals surface area (Å²) in [6, 6.07) is 0.555. The summed E-state index contributed by atoms with van der Waals surface area (Å²) in [5.41, 5.74) is 0. The summed E-state index contributed by atoms with van der Waals surface area (Å²) in [6.07, 6.45) is 4.63. The van der Waals surface area contributed by atoms with Gasteiger partial charge in [-0.1, -0.05) is 0 Å². The summed E-state index contributed by atoms with van der Waals surface area (Å²) in [6.45, 7) is 1.08. The van der Waals surface area contributed by atoms with Gasteiger partial charge in [-0.25, -0.2) is 0 Å². The van der Waals surface area contributed by atoms with Gasteiger partial charge in [0.25, 0.3) is 0 Å². The fourth-order valence-corrected chi connectivity index (χ4v) is 1.89. The first-order chi connectivity index (χ1) is 7.74. The molecule has 2 amide bonds. The Kier molecular flexibility index (Phi) is 3.77. The van der Waals surface area contributed by atoms with Crippen LogP contribution in [0.15, 0.2) is 0 Å². The molecule has 5 nitrogen and oxygen atoms in total. The van der Waals surface area contributed by atoms with Crippen LogP contribution in [0.2, 0.25) is 0 Å². The molecule has 1 saturated heterocycles. The second-order valence-corrected chi connectivity index (χ2v) is 4.62. The van der Waals surface area contributed by atoms with E-state index in [1.54, 1.807) is 0 Å². The van der Waals surface area contributed by atoms with Gasteiger partial charge < -0.3 is 16.0 Å². The third-order valence-electron chi connectivity index (χ3n) is 2.98. The molecular formula is C11H19N3O2. The van der Waals surface area contributed by atoms with Crippen molar-refractivity contribution in [1.29, 1.82) is 0 Å². The average molecular weight is 225 g/mol. The lowest BCUT2D eigenvalue weighted by atomic mass is 10.1. The molecule has 1 unspecified atom stereocenters. The van der Waals surface area contributed by atoms with E-state index in [0.717, 1.165) is 32.2 Å². The zero-order chi connectivity index (χ0) is 11.4. The Morgan fingerprint density at radius 2 is 2.12 bits per heavy atom. The van der Waals surface area contributed by atoms with Crippen molar-refractivity contribution in [2.75, 3.05) is 13.1 Å². The van der Waals surface area contributed by atoms with Gasteiger partial charge in [-0.05, 0) is 25.7 Å². The average Bonchev–Trinajstić information content (AvgIpc) is 3.04. The van der Waals surface area contributed by atoms with Crippen molar-refractivity contribution in [3.8, 4) is 0 Å². The summed E-state index contributed by atoms with van der Waals surface area (Å²) in [5.74, 6) is 0.129. The Morgan fingerprint density at radius 3 is 2.88 bits per heavy atom. The Balaban J connectivity index is 1.66. The minimum absolute atomic E-state index is 0.0483. The first kappa shape index (κ1) is 11.4. The number of rotatable bonds is 4. The van der Waals surface area contributed by atoms with E-state index in [4.69, 9.17) is 0 Å². The van der Waals surface area contributed by atoms with Crippen molar-refractivity contribution in [1.82, 2.24) is 16.0 Å². The minimum atomic E-state index is 0.0483. The Bertz CT molecular complexity index is 276. The van der Waals surface area contributed by atoms with Crippen molar-refractivity contribution >= 4 is 11.8 Å². The van der Waals surface area contributed by atoms with Crippen molar-refractivity contribution in [3.05, 3.63) is 0 Å². The molecule has 90 valence electrons. The second kappa shape index (κ2) is 5.30. The molecule has 0 spiro atoms. The zero-order valence-electron chi connectivity index (χ0n) is 9.42. The molecule has 0 radical (unpaired) electrons. The molecule has 0 bridgehead atoms. The lowest BCUT2D eigenvalue weighted by Crippen LogP contribution is -2.40. The van der Waals surface area contributed by atoms with Gasteiger partial charge in [0.15, 0.2) is 0 Å². The van der Waals surface area contributed by atoms with Gasteiger partial charge >= 0.3 is 0 Å². The van der Waals surface area contributed by atoms with E-state index < -0.39 is 0 Å². The molecule has 3 N–H and O–H groups in total. The third-order valence-corrected chi connectivity index (χ3v) is 2.98. The van der Waals surface area contributed by atoms with Crippen LogP contribution in [0, 0.1) is 0 Å². The smallest absolute Gasteiger partial charge is 0.234 e. The molecule has 1 atom stereocenters. The maximum Gasteiger partial charge on any atom is 0.234 e. The number of carbonyl (C=O) groups excluding carboxylic acids is 2. The van der Waals surface area contributed by atoms with E-state index in [9.17, 15) is 9.59 Å². The number of nitrogens with one attached hydrogen (secondary N) is 3. The predicted molar refractivity (Wildman–Crippen MR) is 59.8 cm³/mol. The van der Waals surface area contributed by atoms with Crippen LogP contribution in [0.5, 0.6) is 0 Å². The maximum atomic E-state index is 11.4. The van der Waals surface area contributed by atoms with Crippen LogP contribution in [0.1, 0.15) is 32.1 Å². The van der Waals surface area contributed by atoms with E-state index in [0.29, 0.717) is 19.0 Å². The third kappa shape index (κ3) is 3.81. The van der Waals surface area contributed by atoms with E-state index >= 15 is 0 Å². The predicted octanol–water partition coefficient (Wildman–Crippen LogP) is -0.477. The fourth-order valence-electron chi connectivity index (χ4n) is 1.89. The van der Waals surface area contributed by atoms with Crippen molar-refractivity contribution < 1.29 is 9.59 Å². The normalized spacial score (nSPS) is 25.8. The standard InChI is InChI=1S/C11H19N3O2/c15-10-6-9(2-1-5-12-10)13-7-11(16)14-8-3-4-8/h8-9,13H,1-7H2,(H,12,15)(H,14,16). The molecule has 1 heterocycles. The van der Waals surface area contributed by atoms with Gasteiger partial charge in [0.2, 0.25) is 11.8 Å². The van der Waals surface area contributed by atoms with Crippen LogP contribution in [0.4, 0.5) is 0 Å². The molecule has 16 heavy (non-hydrogen) atoms. The molecule has 0 aromatic carbocycles. The minimum Gasteiger partial charge on any atom is -0.356 e. The Labute approximate surface area is 95.3 Å². The largest absolute Gasteiger partial charge is 0.356 e. The van der Waals surface area contributed by atoms with Gasteiger partial charge in [0.1, 0.15) is 0 Å². The van der Waals surface area contributed by atoms with Crippen LogP contribution < -0.4 is 16.0 Å². The highest BCUT2D eigenvalue weighted by Gasteiger charge is 2.23. The lowest BCUT2D eigenvalue weighted by Gasteiger charge is -2.14. The summed E-state index contributed by atoms with van der Waals surface area (Å²) >= 11 is 0. The molecule has 5 heteroatoms. The van der Waals surface area contributed by atoms with E-state index in [2.05, 4.69) is 16.0 Å². The quantitative estimate of drug-likeness (QED) is 0.605. The zero-order valence-corrected chi connectivity index (χ0v) is 9.42. The molecular weight excluding hydrogens is 206 g/mol. The Morgan fingerprint density at radius 1 is 1.31 bits per heavy atom. The summed E-state index contributed by atoms with van der Waals surface area (Å²) in [5, 5.41) is 8.90. The molecule has 2 fully saturated rings. The molecule has 1 aliphatic heterocycles. The highest BCUT2D eigenvalue weighted by Crippen LogP contribution is 2.18. The summed E-state index contributed by atoms with van der Waals surface area (Å²) < 4.78 is 0. The van der Waals surface area contributed by atoms with Crippen molar-refractivity contribution in [2.45, 2.75) is 44.2 Å². The van der Waals surface area contributed by atoms with Gasteiger partial charge in [0, 0.05) is 25.0 Å². The van der Waals surface area contributed by atoms with Gasteiger partial charge in [-0.2, -0.15) is 0 Å². The lowest BCUT2D eigenvalue weighted by molar-refractivity contribution is -0.122. The monoisotopic (exact) mass is 225 g/mol. The SMILES string of the molecule is O=C1CC(NCC(=O)NC2CC2)CCCN1. The molecule has 1 aliphatic carbocycles. The van der Waals surface area contributed by atoms with E-state index in [1.807, 2.05) is 0 Å². The van der Waals surface area contributed by atoms with Crippen molar-refractivity contribution in [3.63, 3.8) is 0 Å². The van der Waals surface area contributed by atoms with Crippen LogP contribution >= 0.6 is 0 Å². The summed E-state index contributed by atoms with van der Waals surface area (Å²) in [7, 11) is 0. The van der Waals surface area contributed by atoms with Crippen LogP contribution in [-0.4, -0.2) is 37.0 Å². The molecule has 2 aliphatic rings. The van der Waals surface area contributed by atoms with Crippen molar-refractivity contribution in [2.24, 2.45) is 0 Å². The topological polar surface area (TPSA) is 70.2 Å². The number of hydrogen-bond acceptors (Lipinski definition) is 3. The van der Waals surface area contributed by atoms with Crippen LogP contribution in [0.3, 0.4) is 0 Å². The molecule has 2 rings (SSSR count). The number of hydrogen-bond donors (Lipinski definition) is 3. The number of carbonyl (C=O) groups is 2. The fraction of sp³-hybridized carbons (Fsp3) is 0.818. The number of amides is 2. The molecule has 0 aromatic rings. The first-order valence-electron chi connectivity index (χ1n) is 6.03. The Hall–Kier alpha value is -1.10. The van der Waals surface area contributed by atoms with Crippen LogP contribution in [0.25, 0.3) is 0 Å². The maximum absolute atomic E-state index is 11.4. The second-order valence-electron chi connectivity index (χ2n) is 4.62. The van der Waals surface area contributed by atoms with E-state index in [1.165, 1.54) is 0 Å². The molecule has 0 aromatic heterocycles. The van der Waals surface area contributed by atoms with E-state index in [-0.39, 0.29) is 17.9 Å². The van der Waals surface area contributed by atoms with Gasteiger partial charge in [0.05, 0.1) is 6.54 Å². The van der Waals surface area contributed by atoms with Crippen LogP contribution in [-0.2, 0) is 9.59 Å². The highest BCUT2D eigenvalue weighted by atomic mass is 16.2. The first-order valence-corrected chi connectivity index (χ1v) is 6.03. The summed E-state index contributed by atoms with van der Waals surface area (Å²) in [4.78, 5) is 22.7.